The van der Waals surface area contributed by atoms with Crippen LogP contribution in [0, 0.1) is 17.2 Å². The second-order valence-corrected chi connectivity index (χ2v) is 6.11. The normalized spacial score (nSPS) is 22.7. The number of nitriles is 1. The van der Waals surface area contributed by atoms with E-state index in [2.05, 4.69) is 31.2 Å². The van der Waals surface area contributed by atoms with E-state index in [1.807, 2.05) is 6.08 Å². The lowest BCUT2D eigenvalue weighted by Crippen LogP contribution is -2.11. The zero-order valence-electron chi connectivity index (χ0n) is 13.3. The Balaban J connectivity index is 1.85. The highest BCUT2D eigenvalue weighted by Crippen LogP contribution is 2.36. The lowest BCUT2D eigenvalue weighted by molar-refractivity contribution is 0.376. The molecule has 0 radical (unpaired) electrons. The van der Waals surface area contributed by atoms with Crippen molar-refractivity contribution < 1.29 is 4.39 Å². The summed E-state index contributed by atoms with van der Waals surface area (Å²) in [6.07, 6.45) is 12.0. The largest absolute Gasteiger partial charge is 0.199 e. The van der Waals surface area contributed by atoms with Gasteiger partial charge >= 0.3 is 0 Å². The van der Waals surface area contributed by atoms with Crippen LogP contribution in [0.5, 0.6) is 0 Å². The molecule has 0 heterocycles. The van der Waals surface area contributed by atoms with Gasteiger partial charge in [0.15, 0.2) is 5.83 Å². The molecule has 0 saturated heterocycles. The molecule has 0 unspecified atom stereocenters. The summed E-state index contributed by atoms with van der Waals surface area (Å²) in [7, 11) is 0. The zero-order chi connectivity index (χ0) is 15.8. The van der Waals surface area contributed by atoms with Gasteiger partial charge in [-0.2, -0.15) is 9.65 Å². The molecule has 2 heteroatoms. The third-order valence-electron chi connectivity index (χ3n) is 4.49. The first kappa shape index (κ1) is 16.5. The van der Waals surface area contributed by atoms with Gasteiger partial charge in [0.05, 0.1) is 0 Å². The van der Waals surface area contributed by atoms with Gasteiger partial charge in [-0.1, -0.05) is 49.8 Å². The molecule has 0 N–H and O–H groups in total. The average Bonchev–Trinajstić information content (AvgIpc) is 2.56. The summed E-state index contributed by atoms with van der Waals surface area (Å²) in [5.74, 6) is 0.446. The number of benzene rings is 1. The summed E-state index contributed by atoms with van der Waals surface area (Å²) >= 11 is 0. The zero-order valence-corrected chi connectivity index (χ0v) is 13.3. The first-order valence-electron chi connectivity index (χ1n) is 8.25. The lowest BCUT2D eigenvalue weighted by Gasteiger charge is -2.27. The number of allylic oxidation sites excluding steroid dienone is 4. The van der Waals surface area contributed by atoms with E-state index in [0.717, 1.165) is 19.3 Å². The van der Waals surface area contributed by atoms with E-state index in [-0.39, 0.29) is 0 Å². The number of aryl methyl sites for hydroxylation is 1. The van der Waals surface area contributed by atoms with Crippen LogP contribution in [0.25, 0.3) is 0 Å². The monoisotopic (exact) mass is 297 g/mol. The first-order chi connectivity index (χ1) is 10.7. The molecular formula is C20H24FN. The van der Waals surface area contributed by atoms with Gasteiger partial charge in [0, 0.05) is 0 Å². The van der Waals surface area contributed by atoms with E-state index < -0.39 is 5.83 Å². The smallest absolute Gasteiger partial charge is 0.195 e. The molecule has 0 spiro atoms. The standard InChI is InChI=1S/C20H24FN/c1-2-4-16-7-11-18(12-8-16)19-13-9-17(10-14-19)5-3-6-20(21)15-22/h3,5-8,11-12,17,19H,2,4,9-10,13-14H2,1H3/t17-,19-. The molecule has 1 aromatic carbocycles. The van der Waals surface area contributed by atoms with Crippen LogP contribution in [0.2, 0.25) is 0 Å². The molecule has 116 valence electrons. The highest BCUT2D eigenvalue weighted by molar-refractivity contribution is 5.26. The summed E-state index contributed by atoms with van der Waals surface area (Å²) in [6.45, 7) is 2.21. The number of nitrogens with zero attached hydrogens (tertiary/aromatic N) is 1. The minimum atomic E-state index is -0.725. The highest BCUT2D eigenvalue weighted by atomic mass is 19.1. The van der Waals surface area contributed by atoms with Crippen molar-refractivity contribution in [2.75, 3.05) is 0 Å². The van der Waals surface area contributed by atoms with Gasteiger partial charge in [0.2, 0.25) is 0 Å². The Kier molecular flexibility index (Phi) is 6.40. The Labute approximate surface area is 133 Å². The van der Waals surface area contributed by atoms with Crippen molar-refractivity contribution in [3.63, 3.8) is 0 Å². The van der Waals surface area contributed by atoms with Crippen molar-refractivity contribution in [1.29, 1.82) is 5.26 Å². The fourth-order valence-electron chi connectivity index (χ4n) is 3.22. The van der Waals surface area contributed by atoms with E-state index in [9.17, 15) is 4.39 Å². The van der Waals surface area contributed by atoms with Crippen LogP contribution in [-0.4, -0.2) is 0 Å². The Bertz CT molecular complexity index is 554. The van der Waals surface area contributed by atoms with Gasteiger partial charge in [0.25, 0.3) is 0 Å². The molecule has 0 atom stereocenters. The predicted molar refractivity (Wildman–Crippen MR) is 89.1 cm³/mol. The van der Waals surface area contributed by atoms with E-state index in [4.69, 9.17) is 5.26 Å². The van der Waals surface area contributed by atoms with Gasteiger partial charge in [-0.25, -0.2) is 0 Å². The van der Waals surface area contributed by atoms with Gasteiger partial charge < -0.3 is 0 Å². The molecule has 0 bridgehead atoms. The minimum absolute atomic E-state index is 0.512. The maximum atomic E-state index is 12.7. The van der Waals surface area contributed by atoms with Crippen molar-refractivity contribution >= 4 is 0 Å². The average molecular weight is 297 g/mol. The summed E-state index contributed by atoms with van der Waals surface area (Å²) in [5.41, 5.74) is 2.88. The molecule has 1 nitrogen and oxygen atoms in total. The van der Waals surface area contributed by atoms with E-state index in [1.54, 1.807) is 6.08 Å². The first-order valence-corrected chi connectivity index (χ1v) is 8.25. The molecule has 1 aromatic rings. The van der Waals surface area contributed by atoms with Crippen LogP contribution in [0.15, 0.2) is 48.3 Å². The summed E-state index contributed by atoms with van der Waals surface area (Å²) in [6, 6.07) is 10.6. The van der Waals surface area contributed by atoms with Crippen molar-refractivity contribution in [1.82, 2.24) is 0 Å². The summed E-state index contributed by atoms with van der Waals surface area (Å²) in [5, 5.41) is 8.36. The number of rotatable bonds is 5. The molecule has 1 fully saturated rings. The molecule has 0 aliphatic heterocycles. The molecule has 0 aromatic heterocycles. The predicted octanol–water partition coefficient (Wildman–Crippen LogP) is 5.85. The van der Waals surface area contributed by atoms with Crippen molar-refractivity contribution in [3.8, 4) is 6.07 Å². The number of hydrogen-bond donors (Lipinski definition) is 0. The molecule has 2 rings (SSSR count). The molecule has 1 aliphatic rings. The van der Waals surface area contributed by atoms with Gasteiger partial charge in [-0.05, 0) is 61.1 Å². The number of hydrogen-bond acceptors (Lipinski definition) is 1. The molecule has 22 heavy (non-hydrogen) atoms. The van der Waals surface area contributed by atoms with Crippen LogP contribution in [0.3, 0.4) is 0 Å². The lowest BCUT2D eigenvalue weighted by atomic mass is 9.78. The van der Waals surface area contributed by atoms with Gasteiger partial charge in [-0.15, -0.1) is 0 Å². The van der Waals surface area contributed by atoms with Crippen LogP contribution in [-0.2, 0) is 6.42 Å². The highest BCUT2D eigenvalue weighted by Gasteiger charge is 2.20. The van der Waals surface area contributed by atoms with Crippen molar-refractivity contribution in [2.45, 2.75) is 51.4 Å². The van der Waals surface area contributed by atoms with E-state index in [0.29, 0.717) is 11.8 Å². The maximum absolute atomic E-state index is 12.7. The van der Waals surface area contributed by atoms with Crippen molar-refractivity contribution in [3.05, 3.63) is 59.4 Å². The quantitative estimate of drug-likeness (QED) is 0.494. The third kappa shape index (κ3) is 4.84. The fourth-order valence-corrected chi connectivity index (χ4v) is 3.22. The maximum Gasteiger partial charge on any atom is 0.199 e. The Morgan fingerprint density at radius 2 is 1.91 bits per heavy atom. The molecule has 1 saturated carbocycles. The molecule has 1 aliphatic carbocycles. The van der Waals surface area contributed by atoms with Crippen LogP contribution < -0.4 is 0 Å². The Morgan fingerprint density at radius 1 is 1.23 bits per heavy atom. The van der Waals surface area contributed by atoms with E-state index in [1.165, 1.54) is 42.5 Å². The van der Waals surface area contributed by atoms with Crippen LogP contribution in [0.1, 0.15) is 56.1 Å². The van der Waals surface area contributed by atoms with Gasteiger partial charge in [0.1, 0.15) is 6.07 Å². The van der Waals surface area contributed by atoms with Crippen molar-refractivity contribution in [2.24, 2.45) is 5.92 Å². The van der Waals surface area contributed by atoms with Crippen LogP contribution in [0.4, 0.5) is 4.39 Å². The molecule has 0 amide bonds. The third-order valence-corrected chi connectivity index (χ3v) is 4.49. The molecular weight excluding hydrogens is 273 g/mol. The Morgan fingerprint density at radius 3 is 2.50 bits per heavy atom. The van der Waals surface area contributed by atoms with Crippen LogP contribution >= 0.6 is 0 Å². The summed E-state index contributed by atoms with van der Waals surface area (Å²) < 4.78 is 12.7. The fraction of sp³-hybridized carbons (Fsp3) is 0.450. The number of halogens is 1. The SMILES string of the molecule is CCCc1ccc([C@H]2CC[C@H](C=CC=C(F)C#N)CC2)cc1. The summed E-state index contributed by atoms with van der Waals surface area (Å²) in [4.78, 5) is 0. The van der Waals surface area contributed by atoms with E-state index >= 15 is 0 Å². The topological polar surface area (TPSA) is 23.8 Å². The second-order valence-electron chi connectivity index (χ2n) is 6.11. The Hall–Kier alpha value is -1.88. The van der Waals surface area contributed by atoms with Gasteiger partial charge in [-0.3, -0.25) is 0 Å². The second kappa shape index (κ2) is 8.54. The minimum Gasteiger partial charge on any atom is -0.195 e.